The molecule has 3 rings (SSSR count). The number of carbonyl (C=O) groups excluding carboxylic acids is 1. The van der Waals surface area contributed by atoms with E-state index >= 15 is 0 Å². The van der Waals surface area contributed by atoms with E-state index in [9.17, 15) is 13.2 Å². The Balaban J connectivity index is 1.68. The third-order valence-corrected chi connectivity index (χ3v) is 6.31. The van der Waals surface area contributed by atoms with Crippen molar-refractivity contribution >= 4 is 38.6 Å². The number of thiophene rings is 1. The summed E-state index contributed by atoms with van der Waals surface area (Å²) in [5, 5.41) is 9.62. The van der Waals surface area contributed by atoms with Crippen LogP contribution in [0.5, 0.6) is 0 Å². The highest BCUT2D eigenvalue weighted by molar-refractivity contribution is 7.89. The molecule has 0 aromatic carbocycles. The molecule has 2 aromatic heterocycles. The van der Waals surface area contributed by atoms with Gasteiger partial charge in [0.2, 0.25) is 10.0 Å². The lowest BCUT2D eigenvalue weighted by Crippen LogP contribution is -2.31. The lowest BCUT2D eigenvalue weighted by Gasteiger charge is -2.14. The normalized spacial score (nSPS) is 18.8. The first-order chi connectivity index (χ1) is 10.4. The van der Waals surface area contributed by atoms with Gasteiger partial charge in [-0.2, -0.15) is 0 Å². The zero-order chi connectivity index (χ0) is 15.7. The summed E-state index contributed by atoms with van der Waals surface area (Å²) in [5.41, 5.74) is 0.421. The summed E-state index contributed by atoms with van der Waals surface area (Å²) in [6.07, 6.45) is 0.657. The number of rotatable bonds is 4. The zero-order valence-corrected chi connectivity index (χ0v) is 14.1. The molecule has 0 bridgehead atoms. The number of nitrogens with two attached hydrogens (primary N) is 1. The fourth-order valence-electron chi connectivity index (χ4n) is 2.53. The summed E-state index contributed by atoms with van der Waals surface area (Å²) in [6.45, 7) is 0.964. The van der Waals surface area contributed by atoms with Crippen LogP contribution < -0.4 is 5.14 Å². The lowest BCUT2D eigenvalue weighted by molar-refractivity contribution is 0.0783. The maximum Gasteiger partial charge on any atom is 0.273 e. The van der Waals surface area contributed by atoms with Crippen LogP contribution in [-0.2, 0) is 10.0 Å². The monoisotopic (exact) mass is 357 g/mol. The molecule has 1 atom stereocenters. The minimum Gasteiger partial charge on any atom is -0.337 e. The Morgan fingerprint density at radius 3 is 2.95 bits per heavy atom. The molecule has 0 spiro atoms. The van der Waals surface area contributed by atoms with Crippen molar-refractivity contribution in [1.29, 1.82) is 0 Å². The molecule has 0 aliphatic carbocycles. The third kappa shape index (κ3) is 3.54. The highest BCUT2D eigenvalue weighted by Gasteiger charge is 2.30. The van der Waals surface area contributed by atoms with Crippen molar-refractivity contribution < 1.29 is 13.2 Å². The van der Waals surface area contributed by atoms with E-state index in [4.69, 9.17) is 5.14 Å². The van der Waals surface area contributed by atoms with Crippen LogP contribution >= 0.6 is 22.7 Å². The molecule has 3 heterocycles. The van der Waals surface area contributed by atoms with Crippen LogP contribution in [0, 0.1) is 5.92 Å². The van der Waals surface area contributed by atoms with Crippen molar-refractivity contribution in [2.24, 2.45) is 11.1 Å². The van der Waals surface area contributed by atoms with Crippen LogP contribution in [0.2, 0.25) is 0 Å². The van der Waals surface area contributed by atoms with Crippen molar-refractivity contribution in [2.75, 3.05) is 18.8 Å². The first-order valence-corrected chi connectivity index (χ1v) is 10.2. The van der Waals surface area contributed by atoms with Crippen molar-refractivity contribution in [1.82, 2.24) is 9.88 Å². The van der Waals surface area contributed by atoms with E-state index in [2.05, 4.69) is 4.98 Å². The fraction of sp³-hybridized carbons (Fsp3) is 0.385. The maximum atomic E-state index is 12.4. The van der Waals surface area contributed by atoms with Crippen LogP contribution in [0.1, 0.15) is 16.9 Å². The van der Waals surface area contributed by atoms with Gasteiger partial charge in [-0.1, -0.05) is 6.07 Å². The van der Waals surface area contributed by atoms with Gasteiger partial charge in [-0.25, -0.2) is 18.5 Å². The van der Waals surface area contributed by atoms with Crippen LogP contribution in [-0.4, -0.2) is 43.1 Å². The van der Waals surface area contributed by atoms with Crippen molar-refractivity contribution in [2.45, 2.75) is 6.42 Å². The summed E-state index contributed by atoms with van der Waals surface area (Å²) in [5.74, 6) is -0.306. The largest absolute Gasteiger partial charge is 0.337 e. The Kier molecular flexibility index (Phi) is 4.31. The smallest absolute Gasteiger partial charge is 0.273 e. The van der Waals surface area contributed by atoms with Gasteiger partial charge in [0.25, 0.3) is 5.91 Å². The number of likely N-dealkylation sites (tertiary alicyclic amines) is 1. The number of thiazole rings is 1. The molecule has 118 valence electrons. The van der Waals surface area contributed by atoms with Crippen molar-refractivity contribution in [3.63, 3.8) is 0 Å². The average molecular weight is 357 g/mol. The number of amides is 1. The molecule has 1 aliphatic rings. The maximum absolute atomic E-state index is 12.4. The molecule has 22 heavy (non-hydrogen) atoms. The second-order valence-corrected chi connectivity index (χ2v) is 8.72. The van der Waals surface area contributed by atoms with Gasteiger partial charge < -0.3 is 4.90 Å². The molecule has 2 N–H and O–H groups in total. The first kappa shape index (κ1) is 15.6. The molecule has 9 heteroatoms. The number of nitrogens with zero attached hydrogens (tertiary/aromatic N) is 2. The predicted molar refractivity (Wildman–Crippen MR) is 87.4 cm³/mol. The van der Waals surface area contributed by atoms with Crippen LogP contribution in [0.3, 0.4) is 0 Å². The second-order valence-electron chi connectivity index (χ2n) is 5.25. The van der Waals surface area contributed by atoms with Gasteiger partial charge in [0.05, 0.1) is 10.6 Å². The lowest BCUT2D eigenvalue weighted by atomic mass is 10.2. The highest BCUT2D eigenvalue weighted by atomic mass is 32.2. The molecule has 0 saturated carbocycles. The summed E-state index contributed by atoms with van der Waals surface area (Å²) in [4.78, 5) is 19.5. The highest BCUT2D eigenvalue weighted by Crippen LogP contribution is 2.29. The molecule has 6 nitrogen and oxygen atoms in total. The molecule has 1 amide bonds. The number of primary sulfonamides is 1. The van der Waals surface area contributed by atoms with Gasteiger partial charge in [-0.15, -0.1) is 22.7 Å². The molecule has 1 fully saturated rings. The fourth-order valence-corrected chi connectivity index (χ4v) is 5.07. The summed E-state index contributed by atoms with van der Waals surface area (Å²) >= 11 is 3.02. The molecule has 2 aromatic rings. The standard InChI is InChI=1S/C13H15N3O3S3/c14-22(18,19)8-9-3-4-16(6-9)13(17)10-7-21-12(15-10)11-2-1-5-20-11/h1-2,5,7,9H,3-4,6,8H2,(H2,14,18,19). The second kappa shape index (κ2) is 6.07. The van der Waals surface area contributed by atoms with E-state index in [-0.39, 0.29) is 17.6 Å². The quantitative estimate of drug-likeness (QED) is 0.900. The SMILES string of the molecule is NS(=O)(=O)CC1CCN(C(=O)c2csc(-c3cccs3)n2)C1. The van der Waals surface area contributed by atoms with E-state index in [0.717, 1.165) is 9.88 Å². The minimum absolute atomic E-state index is 0.0751. The van der Waals surface area contributed by atoms with Crippen molar-refractivity contribution in [3.05, 3.63) is 28.6 Å². The Bertz CT molecular complexity index is 768. The van der Waals surface area contributed by atoms with Gasteiger partial charge in [-0.3, -0.25) is 4.79 Å². The zero-order valence-electron chi connectivity index (χ0n) is 11.6. The van der Waals surface area contributed by atoms with Gasteiger partial charge >= 0.3 is 0 Å². The Hall–Kier alpha value is -1.29. The molecule has 1 unspecified atom stereocenters. The van der Waals surface area contributed by atoms with Gasteiger partial charge in [0, 0.05) is 18.5 Å². The van der Waals surface area contributed by atoms with E-state index in [1.54, 1.807) is 21.6 Å². The van der Waals surface area contributed by atoms with E-state index in [0.29, 0.717) is 25.2 Å². The van der Waals surface area contributed by atoms with Gasteiger partial charge in [0.1, 0.15) is 10.7 Å². The van der Waals surface area contributed by atoms with Crippen LogP contribution in [0.15, 0.2) is 22.9 Å². The topological polar surface area (TPSA) is 93.4 Å². The summed E-state index contributed by atoms with van der Waals surface area (Å²) < 4.78 is 22.3. The van der Waals surface area contributed by atoms with Crippen LogP contribution in [0.4, 0.5) is 0 Å². The van der Waals surface area contributed by atoms with Gasteiger partial charge in [0.15, 0.2) is 0 Å². The van der Waals surface area contributed by atoms with E-state index in [1.807, 2.05) is 17.5 Å². The summed E-state index contributed by atoms with van der Waals surface area (Å²) in [6, 6.07) is 3.91. The Labute approximate surface area is 136 Å². The number of carbonyl (C=O) groups is 1. The Morgan fingerprint density at radius 2 is 2.27 bits per heavy atom. The molecule has 1 saturated heterocycles. The number of hydrogen-bond donors (Lipinski definition) is 1. The number of sulfonamides is 1. The number of aromatic nitrogens is 1. The molecular formula is C13H15N3O3S3. The Morgan fingerprint density at radius 1 is 1.45 bits per heavy atom. The van der Waals surface area contributed by atoms with Gasteiger partial charge in [-0.05, 0) is 23.8 Å². The number of hydrogen-bond acceptors (Lipinski definition) is 6. The molecular weight excluding hydrogens is 342 g/mol. The van der Waals surface area contributed by atoms with E-state index in [1.165, 1.54) is 11.3 Å². The van der Waals surface area contributed by atoms with Crippen LogP contribution in [0.25, 0.3) is 9.88 Å². The van der Waals surface area contributed by atoms with E-state index < -0.39 is 10.0 Å². The average Bonchev–Trinajstić information content (AvgIpc) is 3.17. The minimum atomic E-state index is -3.50. The summed E-state index contributed by atoms with van der Waals surface area (Å²) in [7, 11) is -3.50. The molecule has 0 radical (unpaired) electrons. The molecule has 1 aliphatic heterocycles. The first-order valence-electron chi connectivity index (χ1n) is 6.71. The predicted octanol–water partition coefficient (Wildman–Crippen LogP) is 1.62. The van der Waals surface area contributed by atoms with Crippen molar-refractivity contribution in [3.8, 4) is 9.88 Å². The third-order valence-electron chi connectivity index (χ3n) is 3.50.